The van der Waals surface area contributed by atoms with Crippen molar-refractivity contribution < 1.29 is 5.11 Å². The lowest BCUT2D eigenvalue weighted by atomic mass is 9.67. The van der Waals surface area contributed by atoms with Crippen LogP contribution in [0.15, 0.2) is 10.5 Å². The quantitative estimate of drug-likeness (QED) is 0.869. The van der Waals surface area contributed by atoms with Gasteiger partial charge in [-0.1, -0.05) is 35.2 Å². The second-order valence-corrected chi connectivity index (χ2v) is 6.42. The number of rotatable bonds is 2. The number of aromatic hydroxyl groups is 1. The third kappa shape index (κ3) is 2.19. The molecule has 1 aliphatic rings. The Balaban J connectivity index is 2.58. The third-order valence-electron chi connectivity index (χ3n) is 4.42. The summed E-state index contributed by atoms with van der Waals surface area (Å²) in [4.78, 5) is 0. The van der Waals surface area contributed by atoms with E-state index >= 15 is 0 Å². The summed E-state index contributed by atoms with van der Waals surface area (Å²) in [7, 11) is 0. The van der Waals surface area contributed by atoms with E-state index in [1.165, 1.54) is 19.3 Å². The molecule has 1 aliphatic carbocycles. The van der Waals surface area contributed by atoms with Crippen molar-refractivity contribution in [3.05, 3.63) is 27.2 Å². The van der Waals surface area contributed by atoms with Crippen LogP contribution in [0.2, 0.25) is 0 Å². The van der Waals surface area contributed by atoms with Crippen molar-refractivity contribution in [2.45, 2.75) is 51.4 Å². The molecule has 18 heavy (non-hydrogen) atoms. The topological polar surface area (TPSA) is 46.2 Å². The number of phenolic OH excluding ortho intramolecular Hbond substituents is 1. The van der Waals surface area contributed by atoms with Crippen LogP contribution in [-0.2, 0) is 5.41 Å². The van der Waals surface area contributed by atoms with E-state index in [4.69, 9.17) is 5.73 Å². The number of halogens is 1. The van der Waals surface area contributed by atoms with Crippen molar-refractivity contribution in [2.75, 3.05) is 6.54 Å². The lowest BCUT2D eigenvalue weighted by Gasteiger charge is -2.38. The minimum atomic E-state index is -0.0160. The van der Waals surface area contributed by atoms with E-state index in [9.17, 15) is 5.11 Å². The summed E-state index contributed by atoms with van der Waals surface area (Å²) >= 11 is 3.50. The number of hydrogen-bond donors (Lipinski definition) is 2. The molecule has 0 radical (unpaired) electrons. The number of hydrogen-bond acceptors (Lipinski definition) is 2. The summed E-state index contributed by atoms with van der Waals surface area (Å²) in [5.74, 6) is 0.439. The maximum Gasteiger partial charge on any atom is 0.123 e. The van der Waals surface area contributed by atoms with Gasteiger partial charge in [0.05, 0.1) is 0 Å². The molecule has 0 unspecified atom stereocenters. The van der Waals surface area contributed by atoms with Gasteiger partial charge in [-0.3, -0.25) is 0 Å². The normalized spacial score (nSPS) is 18.9. The van der Waals surface area contributed by atoms with E-state index in [-0.39, 0.29) is 5.41 Å². The zero-order valence-electron chi connectivity index (χ0n) is 11.2. The Morgan fingerprint density at radius 1 is 1.28 bits per heavy atom. The predicted molar refractivity (Wildman–Crippen MR) is 79.1 cm³/mol. The zero-order chi connectivity index (χ0) is 13.3. The molecular weight excluding hydrogens is 290 g/mol. The van der Waals surface area contributed by atoms with Gasteiger partial charge in [0, 0.05) is 27.6 Å². The molecule has 0 spiro atoms. The van der Waals surface area contributed by atoms with E-state index in [1.54, 1.807) is 0 Å². The monoisotopic (exact) mass is 311 g/mol. The van der Waals surface area contributed by atoms with Crippen molar-refractivity contribution in [1.82, 2.24) is 0 Å². The fraction of sp³-hybridized carbons (Fsp3) is 0.600. The molecule has 2 nitrogen and oxygen atoms in total. The van der Waals surface area contributed by atoms with Crippen LogP contribution < -0.4 is 5.73 Å². The summed E-state index contributed by atoms with van der Waals surface area (Å²) in [5.41, 5.74) is 9.22. The number of nitrogens with two attached hydrogens (primary N) is 1. The van der Waals surface area contributed by atoms with E-state index < -0.39 is 0 Å². The fourth-order valence-corrected chi connectivity index (χ4v) is 3.84. The molecule has 0 atom stereocenters. The molecule has 3 N–H and O–H groups in total. The Bertz CT molecular complexity index is 450. The molecule has 100 valence electrons. The van der Waals surface area contributed by atoms with Gasteiger partial charge >= 0.3 is 0 Å². The summed E-state index contributed by atoms with van der Waals surface area (Å²) in [6, 6.07) is 2.11. The summed E-state index contributed by atoms with van der Waals surface area (Å²) < 4.78 is 0.976. The van der Waals surface area contributed by atoms with Crippen molar-refractivity contribution in [3.63, 3.8) is 0 Å². The minimum Gasteiger partial charge on any atom is -0.507 e. The maximum absolute atomic E-state index is 10.5. The van der Waals surface area contributed by atoms with Crippen LogP contribution >= 0.6 is 15.9 Å². The van der Waals surface area contributed by atoms with Crippen LogP contribution in [0.5, 0.6) is 5.75 Å². The smallest absolute Gasteiger partial charge is 0.123 e. The van der Waals surface area contributed by atoms with Crippen LogP contribution in [0.25, 0.3) is 0 Å². The van der Waals surface area contributed by atoms with Gasteiger partial charge < -0.3 is 10.8 Å². The van der Waals surface area contributed by atoms with Crippen LogP contribution in [0.3, 0.4) is 0 Å². The van der Waals surface area contributed by atoms with Crippen molar-refractivity contribution in [1.29, 1.82) is 0 Å². The van der Waals surface area contributed by atoms with Crippen molar-refractivity contribution in [3.8, 4) is 5.75 Å². The van der Waals surface area contributed by atoms with Gasteiger partial charge in [0.1, 0.15) is 5.75 Å². The van der Waals surface area contributed by atoms with E-state index in [1.807, 2.05) is 6.92 Å². The largest absolute Gasteiger partial charge is 0.507 e. The Morgan fingerprint density at radius 3 is 2.44 bits per heavy atom. The van der Waals surface area contributed by atoms with Gasteiger partial charge in [-0.25, -0.2) is 0 Å². The Hall–Kier alpha value is -0.540. The molecule has 3 heteroatoms. The standard InChI is InChI=1S/C15H22BrNO/c1-10-8-12(16)11(2)14(18)13(10)15(9-17)6-4-3-5-7-15/h8,18H,3-7,9,17H2,1-2H3. The van der Waals surface area contributed by atoms with Gasteiger partial charge in [-0.15, -0.1) is 0 Å². The molecule has 0 aliphatic heterocycles. The first kappa shape index (κ1) is 13.9. The van der Waals surface area contributed by atoms with Gasteiger partial charge in [0.2, 0.25) is 0 Å². The highest BCUT2D eigenvalue weighted by Crippen LogP contribution is 2.46. The lowest BCUT2D eigenvalue weighted by Crippen LogP contribution is -2.38. The number of benzene rings is 1. The molecule has 1 fully saturated rings. The highest BCUT2D eigenvalue weighted by molar-refractivity contribution is 9.10. The highest BCUT2D eigenvalue weighted by atomic mass is 79.9. The Kier molecular flexibility index (Phi) is 4.02. The molecule has 2 rings (SSSR count). The molecule has 0 saturated heterocycles. The SMILES string of the molecule is Cc1cc(Br)c(C)c(O)c1C1(CN)CCCCC1. The van der Waals surface area contributed by atoms with E-state index in [2.05, 4.69) is 28.9 Å². The molecule has 0 heterocycles. The van der Waals surface area contributed by atoms with E-state index in [0.29, 0.717) is 12.3 Å². The Labute approximate surface area is 118 Å². The van der Waals surface area contributed by atoms with Crippen LogP contribution in [0.4, 0.5) is 0 Å². The number of aryl methyl sites for hydroxylation is 1. The first-order valence-electron chi connectivity index (χ1n) is 6.71. The molecule has 0 amide bonds. The third-order valence-corrected chi connectivity index (χ3v) is 5.24. The van der Waals surface area contributed by atoms with Crippen molar-refractivity contribution in [2.24, 2.45) is 5.73 Å². The first-order chi connectivity index (χ1) is 8.52. The predicted octanol–water partition coefficient (Wildman–Crippen LogP) is 3.93. The lowest BCUT2D eigenvalue weighted by molar-refractivity contribution is 0.289. The zero-order valence-corrected chi connectivity index (χ0v) is 12.8. The van der Waals surface area contributed by atoms with Gasteiger partial charge in [-0.2, -0.15) is 0 Å². The molecular formula is C15H22BrNO. The van der Waals surface area contributed by atoms with Crippen LogP contribution in [-0.4, -0.2) is 11.7 Å². The molecule has 1 aromatic carbocycles. The average molecular weight is 312 g/mol. The second kappa shape index (κ2) is 5.22. The summed E-state index contributed by atoms with van der Waals surface area (Å²) in [6.45, 7) is 4.66. The number of phenols is 1. The molecule has 0 aromatic heterocycles. The Morgan fingerprint density at radius 2 is 1.89 bits per heavy atom. The molecule has 1 aromatic rings. The second-order valence-electron chi connectivity index (χ2n) is 5.57. The van der Waals surface area contributed by atoms with Crippen molar-refractivity contribution >= 4 is 15.9 Å². The van der Waals surface area contributed by atoms with Crippen LogP contribution in [0, 0.1) is 13.8 Å². The van der Waals surface area contributed by atoms with Gasteiger partial charge in [-0.05, 0) is 38.3 Å². The van der Waals surface area contributed by atoms with E-state index in [0.717, 1.165) is 34.0 Å². The fourth-order valence-electron chi connectivity index (χ4n) is 3.31. The summed E-state index contributed by atoms with van der Waals surface area (Å²) in [5, 5.41) is 10.5. The van der Waals surface area contributed by atoms with Gasteiger partial charge in [0.25, 0.3) is 0 Å². The maximum atomic E-state index is 10.5. The highest BCUT2D eigenvalue weighted by Gasteiger charge is 2.36. The van der Waals surface area contributed by atoms with Gasteiger partial charge in [0.15, 0.2) is 0 Å². The minimum absolute atomic E-state index is 0.0160. The summed E-state index contributed by atoms with van der Waals surface area (Å²) in [6.07, 6.45) is 5.91. The average Bonchev–Trinajstić information content (AvgIpc) is 2.37. The van der Waals surface area contributed by atoms with Crippen LogP contribution in [0.1, 0.15) is 48.8 Å². The molecule has 1 saturated carbocycles. The first-order valence-corrected chi connectivity index (χ1v) is 7.50. The molecule has 0 bridgehead atoms.